The van der Waals surface area contributed by atoms with Crippen LogP contribution in [0.5, 0.6) is 0 Å². The van der Waals surface area contributed by atoms with Gasteiger partial charge in [-0.05, 0) is 31.9 Å². The normalized spacial score (nSPS) is 45.5. The smallest absolute Gasteiger partial charge is 0.107 e. The SMILES string of the molecule is C1=CC2C(CCN3CCCC23)O1. The molecule has 0 aliphatic carbocycles. The molecule has 3 atom stereocenters. The molecule has 0 amide bonds. The molecule has 3 aliphatic rings. The molecule has 66 valence electrons. The number of piperidine rings is 1. The molecule has 2 heteroatoms. The predicted octanol–water partition coefficient (Wildman–Crippen LogP) is 1.38. The number of ether oxygens (including phenoxy) is 1. The first kappa shape index (κ1) is 6.96. The van der Waals surface area contributed by atoms with E-state index in [-0.39, 0.29) is 0 Å². The molecule has 0 aromatic heterocycles. The summed E-state index contributed by atoms with van der Waals surface area (Å²) in [5.74, 6) is 0.709. The van der Waals surface area contributed by atoms with E-state index >= 15 is 0 Å². The third kappa shape index (κ3) is 0.845. The van der Waals surface area contributed by atoms with Crippen LogP contribution in [0.1, 0.15) is 19.3 Å². The van der Waals surface area contributed by atoms with Gasteiger partial charge in [0.2, 0.25) is 0 Å². The number of nitrogens with zero attached hydrogens (tertiary/aromatic N) is 1. The van der Waals surface area contributed by atoms with Crippen molar-refractivity contribution < 1.29 is 4.74 Å². The summed E-state index contributed by atoms with van der Waals surface area (Å²) in [6, 6.07) is 0.808. The van der Waals surface area contributed by atoms with Gasteiger partial charge in [0.05, 0.1) is 6.26 Å². The van der Waals surface area contributed by atoms with E-state index in [2.05, 4.69) is 11.0 Å². The highest BCUT2D eigenvalue weighted by molar-refractivity contribution is 5.06. The largest absolute Gasteiger partial charge is 0.498 e. The molecule has 0 radical (unpaired) electrons. The van der Waals surface area contributed by atoms with Crippen LogP contribution < -0.4 is 0 Å². The van der Waals surface area contributed by atoms with Crippen LogP contribution in [0.4, 0.5) is 0 Å². The second-order valence-electron chi connectivity index (χ2n) is 4.11. The van der Waals surface area contributed by atoms with Gasteiger partial charge in [-0.2, -0.15) is 0 Å². The molecule has 0 bridgehead atoms. The fourth-order valence-electron chi connectivity index (χ4n) is 2.95. The van der Waals surface area contributed by atoms with Crippen LogP contribution in [-0.2, 0) is 4.74 Å². The Balaban J connectivity index is 1.85. The van der Waals surface area contributed by atoms with Gasteiger partial charge in [-0.1, -0.05) is 0 Å². The minimum Gasteiger partial charge on any atom is -0.498 e. The Hall–Kier alpha value is -0.500. The summed E-state index contributed by atoms with van der Waals surface area (Å²) in [6.07, 6.45) is 8.71. The van der Waals surface area contributed by atoms with E-state index in [1.54, 1.807) is 0 Å². The molecule has 2 nitrogen and oxygen atoms in total. The standard InChI is InChI=1S/C10H15NO/c1-2-9-8-4-7-12-10(8)3-6-11(9)5-1/h4,7-10H,1-3,5-6H2. The van der Waals surface area contributed by atoms with Crippen LogP contribution in [0.25, 0.3) is 0 Å². The Morgan fingerprint density at radius 3 is 3.25 bits per heavy atom. The Bertz CT molecular complexity index is 214. The average Bonchev–Trinajstić information content (AvgIpc) is 2.71. The minimum atomic E-state index is 0.518. The third-order valence-corrected chi connectivity index (χ3v) is 3.54. The molecule has 0 N–H and O–H groups in total. The molecule has 0 aromatic rings. The molecule has 0 aromatic carbocycles. The van der Waals surface area contributed by atoms with Crippen molar-refractivity contribution >= 4 is 0 Å². The molecule has 0 spiro atoms. The highest BCUT2D eigenvalue weighted by atomic mass is 16.5. The highest BCUT2D eigenvalue weighted by Crippen LogP contribution is 2.36. The molecule has 3 unspecified atom stereocenters. The minimum absolute atomic E-state index is 0.518. The van der Waals surface area contributed by atoms with Crippen LogP contribution in [0.3, 0.4) is 0 Å². The zero-order valence-corrected chi connectivity index (χ0v) is 7.28. The Morgan fingerprint density at radius 2 is 2.25 bits per heavy atom. The van der Waals surface area contributed by atoms with Crippen molar-refractivity contribution in [3.05, 3.63) is 12.3 Å². The van der Waals surface area contributed by atoms with Crippen molar-refractivity contribution in [2.24, 2.45) is 5.92 Å². The molecule has 0 saturated carbocycles. The lowest BCUT2D eigenvalue weighted by Crippen LogP contribution is -2.45. The van der Waals surface area contributed by atoms with Crippen LogP contribution in [0, 0.1) is 5.92 Å². The van der Waals surface area contributed by atoms with E-state index in [0.29, 0.717) is 12.0 Å². The summed E-state index contributed by atoms with van der Waals surface area (Å²) < 4.78 is 5.56. The Labute approximate surface area is 73.2 Å². The van der Waals surface area contributed by atoms with E-state index < -0.39 is 0 Å². The maximum absolute atomic E-state index is 5.56. The first-order valence-electron chi connectivity index (χ1n) is 5.01. The molecule has 3 aliphatic heterocycles. The zero-order valence-electron chi connectivity index (χ0n) is 7.28. The second kappa shape index (κ2) is 2.49. The lowest BCUT2D eigenvalue weighted by atomic mass is 9.88. The van der Waals surface area contributed by atoms with E-state index in [1.807, 2.05) is 6.26 Å². The lowest BCUT2D eigenvalue weighted by molar-refractivity contribution is 0.0346. The van der Waals surface area contributed by atoms with Gasteiger partial charge in [0, 0.05) is 18.5 Å². The van der Waals surface area contributed by atoms with Crippen molar-refractivity contribution in [3.63, 3.8) is 0 Å². The van der Waals surface area contributed by atoms with Crippen molar-refractivity contribution in [1.29, 1.82) is 0 Å². The topological polar surface area (TPSA) is 12.5 Å². The molecular weight excluding hydrogens is 150 g/mol. The maximum atomic E-state index is 5.56. The van der Waals surface area contributed by atoms with Gasteiger partial charge in [-0.3, -0.25) is 4.90 Å². The first-order chi connectivity index (χ1) is 5.95. The third-order valence-electron chi connectivity index (χ3n) is 3.54. The average molecular weight is 165 g/mol. The van der Waals surface area contributed by atoms with Crippen molar-refractivity contribution in [3.8, 4) is 0 Å². The number of rotatable bonds is 0. The number of hydrogen-bond donors (Lipinski definition) is 0. The van der Waals surface area contributed by atoms with Crippen LogP contribution in [-0.4, -0.2) is 30.1 Å². The molecule has 3 heterocycles. The van der Waals surface area contributed by atoms with E-state index in [4.69, 9.17) is 4.74 Å². The zero-order chi connectivity index (χ0) is 7.97. The fourth-order valence-corrected chi connectivity index (χ4v) is 2.95. The molecule has 2 saturated heterocycles. The summed E-state index contributed by atoms with van der Waals surface area (Å²) in [5.41, 5.74) is 0. The van der Waals surface area contributed by atoms with Crippen molar-refractivity contribution in [2.45, 2.75) is 31.4 Å². The van der Waals surface area contributed by atoms with E-state index in [1.165, 1.54) is 32.4 Å². The van der Waals surface area contributed by atoms with Gasteiger partial charge in [0.1, 0.15) is 6.10 Å². The van der Waals surface area contributed by atoms with Gasteiger partial charge in [0.15, 0.2) is 0 Å². The highest BCUT2D eigenvalue weighted by Gasteiger charge is 2.41. The summed E-state index contributed by atoms with van der Waals surface area (Å²) >= 11 is 0. The molecule has 3 rings (SSSR count). The maximum Gasteiger partial charge on any atom is 0.107 e. The summed E-state index contributed by atoms with van der Waals surface area (Å²) in [5, 5.41) is 0. The Morgan fingerprint density at radius 1 is 1.25 bits per heavy atom. The molecule has 2 fully saturated rings. The van der Waals surface area contributed by atoms with Crippen LogP contribution in [0.15, 0.2) is 12.3 Å². The predicted molar refractivity (Wildman–Crippen MR) is 46.7 cm³/mol. The first-order valence-corrected chi connectivity index (χ1v) is 5.01. The molecular formula is C10H15NO. The van der Waals surface area contributed by atoms with Gasteiger partial charge < -0.3 is 4.74 Å². The summed E-state index contributed by atoms with van der Waals surface area (Å²) in [7, 11) is 0. The summed E-state index contributed by atoms with van der Waals surface area (Å²) in [6.45, 7) is 2.58. The van der Waals surface area contributed by atoms with Crippen LogP contribution in [0.2, 0.25) is 0 Å². The van der Waals surface area contributed by atoms with E-state index in [0.717, 1.165) is 6.04 Å². The second-order valence-corrected chi connectivity index (χ2v) is 4.11. The Kier molecular flexibility index (Phi) is 1.44. The van der Waals surface area contributed by atoms with Crippen molar-refractivity contribution in [2.75, 3.05) is 13.1 Å². The molecule has 12 heavy (non-hydrogen) atoms. The number of hydrogen-bond acceptors (Lipinski definition) is 2. The van der Waals surface area contributed by atoms with E-state index in [9.17, 15) is 0 Å². The summed E-state index contributed by atoms with van der Waals surface area (Å²) in [4.78, 5) is 2.64. The van der Waals surface area contributed by atoms with Crippen LogP contribution >= 0.6 is 0 Å². The quantitative estimate of drug-likeness (QED) is 0.537. The van der Waals surface area contributed by atoms with Crippen molar-refractivity contribution in [1.82, 2.24) is 4.90 Å². The fraction of sp³-hybridized carbons (Fsp3) is 0.800. The van der Waals surface area contributed by atoms with Gasteiger partial charge in [0.25, 0.3) is 0 Å². The van der Waals surface area contributed by atoms with Gasteiger partial charge >= 0.3 is 0 Å². The number of fused-ring (bicyclic) bond motifs is 3. The lowest BCUT2D eigenvalue weighted by Gasteiger charge is -2.37. The van der Waals surface area contributed by atoms with Gasteiger partial charge in [-0.15, -0.1) is 0 Å². The van der Waals surface area contributed by atoms with Gasteiger partial charge in [-0.25, -0.2) is 0 Å². The monoisotopic (exact) mass is 165 g/mol.